The van der Waals surface area contributed by atoms with Gasteiger partial charge in [-0.1, -0.05) is 27.7 Å². The number of imide groups is 1. The van der Waals surface area contributed by atoms with Crippen molar-refractivity contribution in [3.63, 3.8) is 0 Å². The number of urea groups is 1. The summed E-state index contributed by atoms with van der Waals surface area (Å²) in [7, 11) is 3.88. The van der Waals surface area contributed by atoms with E-state index in [0.717, 1.165) is 38.9 Å². The fourth-order valence-corrected chi connectivity index (χ4v) is 4.89. The second kappa shape index (κ2) is 12.0. The molecular weight excluding hydrogens is 406 g/mol. The third-order valence-corrected chi connectivity index (χ3v) is 7.17. The zero-order valence-corrected chi connectivity index (χ0v) is 21.2. The quantitative estimate of drug-likeness (QED) is 0.461. The van der Waals surface area contributed by atoms with Crippen LogP contribution in [0.2, 0.25) is 0 Å². The molecule has 0 radical (unpaired) electrons. The molecule has 184 valence electrons. The molecule has 2 heterocycles. The first-order valence-corrected chi connectivity index (χ1v) is 12.4. The van der Waals surface area contributed by atoms with Gasteiger partial charge in [0.2, 0.25) is 5.91 Å². The van der Waals surface area contributed by atoms with Gasteiger partial charge in [0.15, 0.2) is 0 Å². The molecule has 0 aliphatic carbocycles. The van der Waals surface area contributed by atoms with Crippen LogP contribution in [0.15, 0.2) is 0 Å². The van der Waals surface area contributed by atoms with Crippen LogP contribution in [0.4, 0.5) is 4.79 Å². The Morgan fingerprint density at radius 3 is 2.28 bits per heavy atom. The molecule has 8 nitrogen and oxygen atoms in total. The van der Waals surface area contributed by atoms with E-state index in [2.05, 4.69) is 37.9 Å². The summed E-state index contributed by atoms with van der Waals surface area (Å²) in [5, 5.41) is 3.12. The highest BCUT2D eigenvalue weighted by molar-refractivity contribution is 6.07. The van der Waals surface area contributed by atoms with Crippen molar-refractivity contribution in [2.24, 2.45) is 11.8 Å². The number of hydrogen-bond donors (Lipinski definition) is 1. The molecule has 0 aromatic carbocycles. The number of carbonyl (C=O) groups excluding carboxylic acids is 3. The van der Waals surface area contributed by atoms with Gasteiger partial charge in [-0.25, -0.2) is 4.79 Å². The molecule has 1 atom stereocenters. The van der Waals surface area contributed by atoms with Crippen molar-refractivity contribution in [3.05, 3.63) is 0 Å². The molecule has 0 saturated carbocycles. The molecule has 0 unspecified atom stereocenters. The molecule has 2 rings (SSSR count). The van der Waals surface area contributed by atoms with Crippen LogP contribution in [-0.2, 0) is 9.59 Å². The third-order valence-electron chi connectivity index (χ3n) is 7.17. The zero-order valence-electron chi connectivity index (χ0n) is 21.2. The van der Waals surface area contributed by atoms with Crippen LogP contribution in [0.25, 0.3) is 0 Å². The highest BCUT2D eigenvalue weighted by Crippen LogP contribution is 2.38. The summed E-state index contributed by atoms with van der Waals surface area (Å²) in [5.41, 5.74) is -0.829. The Labute approximate surface area is 194 Å². The molecule has 0 spiro atoms. The maximum absolute atomic E-state index is 13.6. The van der Waals surface area contributed by atoms with Gasteiger partial charge < -0.3 is 20.0 Å². The van der Waals surface area contributed by atoms with Crippen LogP contribution >= 0.6 is 0 Å². The summed E-state index contributed by atoms with van der Waals surface area (Å²) in [5.74, 6) is 0.639. The van der Waals surface area contributed by atoms with Crippen molar-refractivity contribution in [1.82, 2.24) is 24.9 Å². The Hall–Kier alpha value is -1.67. The lowest BCUT2D eigenvalue weighted by molar-refractivity contribution is -0.136. The topological polar surface area (TPSA) is 76.2 Å². The summed E-state index contributed by atoms with van der Waals surface area (Å²) in [4.78, 5) is 46.7. The van der Waals surface area contributed by atoms with Gasteiger partial charge in [-0.05, 0) is 64.7 Å². The van der Waals surface area contributed by atoms with Gasteiger partial charge in [0.1, 0.15) is 5.54 Å². The number of carbonyl (C=O) groups is 3. The third kappa shape index (κ3) is 6.44. The summed E-state index contributed by atoms with van der Waals surface area (Å²) < 4.78 is 0. The van der Waals surface area contributed by atoms with Crippen molar-refractivity contribution in [2.75, 3.05) is 59.9 Å². The molecule has 4 amide bonds. The molecule has 2 aliphatic rings. The second-order valence-corrected chi connectivity index (χ2v) is 10.0. The van der Waals surface area contributed by atoms with Gasteiger partial charge in [0, 0.05) is 39.1 Å². The van der Waals surface area contributed by atoms with Crippen molar-refractivity contribution in [2.45, 2.75) is 65.3 Å². The van der Waals surface area contributed by atoms with E-state index in [1.54, 1.807) is 0 Å². The summed E-state index contributed by atoms with van der Waals surface area (Å²) >= 11 is 0. The van der Waals surface area contributed by atoms with E-state index in [4.69, 9.17) is 0 Å². The lowest BCUT2D eigenvalue weighted by atomic mass is 9.74. The Morgan fingerprint density at radius 1 is 1.12 bits per heavy atom. The summed E-state index contributed by atoms with van der Waals surface area (Å²) in [6, 6.07) is -0.265. The number of likely N-dealkylation sites (tertiary alicyclic amines) is 1. The van der Waals surface area contributed by atoms with Crippen molar-refractivity contribution in [1.29, 1.82) is 0 Å². The van der Waals surface area contributed by atoms with Crippen LogP contribution in [0, 0.1) is 11.8 Å². The lowest BCUT2D eigenvalue weighted by Gasteiger charge is -2.41. The number of likely N-dealkylation sites (N-methyl/N-ethyl adjacent to an activating group) is 1. The van der Waals surface area contributed by atoms with Gasteiger partial charge in [0.05, 0.1) is 0 Å². The molecule has 0 bridgehead atoms. The average molecular weight is 452 g/mol. The van der Waals surface area contributed by atoms with Gasteiger partial charge >= 0.3 is 6.03 Å². The van der Waals surface area contributed by atoms with Crippen molar-refractivity contribution >= 4 is 17.8 Å². The Bertz CT molecular complexity index is 642. The van der Waals surface area contributed by atoms with Crippen LogP contribution in [-0.4, -0.2) is 103 Å². The van der Waals surface area contributed by atoms with Gasteiger partial charge in [-0.15, -0.1) is 0 Å². The fraction of sp³-hybridized carbons (Fsp3) is 0.875. The molecule has 32 heavy (non-hydrogen) atoms. The van der Waals surface area contributed by atoms with E-state index in [0.29, 0.717) is 44.9 Å². The van der Waals surface area contributed by atoms with E-state index in [1.165, 1.54) is 4.90 Å². The summed E-state index contributed by atoms with van der Waals surface area (Å²) in [6.45, 7) is 13.6. The second-order valence-electron chi connectivity index (χ2n) is 10.0. The molecule has 2 saturated heterocycles. The minimum atomic E-state index is -0.829. The van der Waals surface area contributed by atoms with Crippen LogP contribution in [0.5, 0.6) is 0 Å². The number of nitrogens with one attached hydrogen (secondary N) is 1. The van der Waals surface area contributed by atoms with E-state index < -0.39 is 5.54 Å². The van der Waals surface area contributed by atoms with E-state index in [-0.39, 0.29) is 23.8 Å². The first kappa shape index (κ1) is 26.6. The predicted molar refractivity (Wildman–Crippen MR) is 127 cm³/mol. The summed E-state index contributed by atoms with van der Waals surface area (Å²) in [6.07, 6.45) is 3.59. The first-order valence-electron chi connectivity index (χ1n) is 12.4. The first-order chi connectivity index (χ1) is 15.1. The van der Waals surface area contributed by atoms with E-state index in [1.807, 2.05) is 23.9 Å². The SMILES string of the molecule is CCN(CC)CCC(=O)N1CCC([C@]2(CCC(C)C)NC(=O)N(CCN(C)C)C2=O)CC1. The maximum atomic E-state index is 13.6. The lowest BCUT2D eigenvalue weighted by Crippen LogP contribution is -2.57. The molecular formula is C24H45N5O3. The van der Waals surface area contributed by atoms with Gasteiger partial charge in [-0.2, -0.15) is 0 Å². The number of hydrogen-bond acceptors (Lipinski definition) is 5. The highest BCUT2D eigenvalue weighted by Gasteiger charge is 2.55. The molecule has 8 heteroatoms. The number of nitrogens with zero attached hydrogens (tertiary/aromatic N) is 4. The monoisotopic (exact) mass is 451 g/mol. The smallest absolute Gasteiger partial charge is 0.325 e. The highest BCUT2D eigenvalue weighted by atomic mass is 16.2. The Balaban J connectivity index is 2.06. The average Bonchev–Trinajstić information content (AvgIpc) is 3.01. The fourth-order valence-electron chi connectivity index (χ4n) is 4.89. The van der Waals surface area contributed by atoms with Crippen molar-refractivity contribution in [3.8, 4) is 0 Å². The maximum Gasteiger partial charge on any atom is 0.325 e. The van der Waals surface area contributed by atoms with Crippen molar-refractivity contribution < 1.29 is 14.4 Å². The van der Waals surface area contributed by atoms with E-state index in [9.17, 15) is 14.4 Å². The van der Waals surface area contributed by atoms with Crippen LogP contribution < -0.4 is 5.32 Å². The Kier molecular flexibility index (Phi) is 9.95. The number of rotatable bonds is 12. The minimum absolute atomic E-state index is 0.0638. The predicted octanol–water partition coefficient (Wildman–Crippen LogP) is 2.25. The van der Waals surface area contributed by atoms with Gasteiger partial charge in [-0.3, -0.25) is 14.5 Å². The molecule has 1 N–H and O–H groups in total. The van der Waals surface area contributed by atoms with E-state index >= 15 is 0 Å². The van der Waals surface area contributed by atoms with Gasteiger partial charge in [0.25, 0.3) is 5.91 Å². The Morgan fingerprint density at radius 2 is 1.75 bits per heavy atom. The van der Waals surface area contributed by atoms with Crippen LogP contribution in [0.3, 0.4) is 0 Å². The standard InChI is InChI=1S/C24H45N5O3/c1-7-27(8-2)14-12-21(30)28-15-10-20(11-16-28)24(13-9-19(3)4)22(31)29(23(32)25-24)18-17-26(5)6/h19-20H,7-18H2,1-6H3,(H,25,32)/t24-/m0/s1. The zero-order chi connectivity index (χ0) is 23.9. The normalized spacial score (nSPS) is 22.5. The molecule has 2 fully saturated rings. The molecule has 2 aliphatic heterocycles. The number of amides is 4. The molecule has 0 aromatic heterocycles. The largest absolute Gasteiger partial charge is 0.343 e. The number of piperidine rings is 1. The van der Waals surface area contributed by atoms with Crippen LogP contribution in [0.1, 0.15) is 59.8 Å². The molecule has 0 aromatic rings. The minimum Gasteiger partial charge on any atom is -0.343 e.